The number of rotatable bonds is 7. The first-order chi connectivity index (χ1) is 12.5. The Balaban J connectivity index is 1.55. The molecular weight excluding hydrogens is 354 g/mol. The number of nitro groups is 1. The van der Waals surface area contributed by atoms with Crippen LogP contribution in [0.5, 0.6) is 0 Å². The Bertz CT molecular complexity index is 858. The van der Waals surface area contributed by atoms with E-state index in [1.54, 1.807) is 0 Å². The fourth-order valence-electron chi connectivity index (χ4n) is 3.01. The minimum absolute atomic E-state index is 0.0208. The van der Waals surface area contributed by atoms with Gasteiger partial charge in [-0.3, -0.25) is 10.1 Å². The van der Waals surface area contributed by atoms with Crippen molar-refractivity contribution in [1.82, 2.24) is 4.72 Å². The zero-order valence-electron chi connectivity index (χ0n) is 14.3. The van der Waals surface area contributed by atoms with E-state index in [0.29, 0.717) is 6.42 Å². The van der Waals surface area contributed by atoms with E-state index in [9.17, 15) is 18.5 Å². The van der Waals surface area contributed by atoms with Gasteiger partial charge in [-0.05, 0) is 49.1 Å². The molecule has 7 nitrogen and oxygen atoms in total. The van der Waals surface area contributed by atoms with Crippen LogP contribution in [-0.4, -0.2) is 33.0 Å². The molecule has 0 aromatic heterocycles. The summed E-state index contributed by atoms with van der Waals surface area (Å²) in [6, 6.07) is 13.0. The molecule has 1 aliphatic heterocycles. The molecule has 1 saturated heterocycles. The van der Waals surface area contributed by atoms with Crippen molar-refractivity contribution in [3.05, 3.63) is 64.2 Å². The average Bonchev–Trinajstić information content (AvgIpc) is 3.17. The Kier molecular flexibility index (Phi) is 5.53. The van der Waals surface area contributed by atoms with Gasteiger partial charge in [0.25, 0.3) is 5.69 Å². The molecule has 1 fully saturated rings. The predicted octanol–water partition coefficient (Wildman–Crippen LogP) is 2.72. The van der Waals surface area contributed by atoms with E-state index >= 15 is 0 Å². The molecule has 138 valence electrons. The highest BCUT2D eigenvalue weighted by Gasteiger charge is 2.15. The maximum absolute atomic E-state index is 12.2. The summed E-state index contributed by atoms with van der Waals surface area (Å²) >= 11 is 0. The zero-order chi connectivity index (χ0) is 18.6. The van der Waals surface area contributed by atoms with Gasteiger partial charge in [0.05, 0.1) is 9.82 Å². The number of anilines is 1. The summed E-state index contributed by atoms with van der Waals surface area (Å²) in [4.78, 5) is 12.4. The Labute approximate surface area is 152 Å². The molecule has 0 amide bonds. The number of sulfonamides is 1. The Morgan fingerprint density at radius 1 is 1.00 bits per heavy atom. The first-order valence-electron chi connectivity index (χ1n) is 8.54. The lowest BCUT2D eigenvalue weighted by atomic mass is 10.1. The topological polar surface area (TPSA) is 92.5 Å². The summed E-state index contributed by atoms with van der Waals surface area (Å²) in [6.45, 7) is 2.45. The normalized spacial score (nSPS) is 14.5. The summed E-state index contributed by atoms with van der Waals surface area (Å²) in [6.07, 6.45) is 3.03. The van der Waals surface area contributed by atoms with E-state index in [2.05, 4.69) is 21.8 Å². The van der Waals surface area contributed by atoms with Crippen molar-refractivity contribution < 1.29 is 13.3 Å². The van der Waals surface area contributed by atoms with Crippen molar-refractivity contribution in [3.8, 4) is 0 Å². The third-order valence-electron chi connectivity index (χ3n) is 4.47. The fraction of sp³-hybridized carbons (Fsp3) is 0.333. The Morgan fingerprint density at radius 2 is 1.62 bits per heavy atom. The zero-order valence-corrected chi connectivity index (χ0v) is 15.1. The summed E-state index contributed by atoms with van der Waals surface area (Å²) in [7, 11) is -3.67. The third kappa shape index (κ3) is 4.39. The van der Waals surface area contributed by atoms with Crippen molar-refractivity contribution in [1.29, 1.82) is 0 Å². The first-order valence-corrected chi connectivity index (χ1v) is 10.0. The number of hydrogen-bond donors (Lipinski definition) is 1. The highest BCUT2D eigenvalue weighted by atomic mass is 32.2. The van der Waals surface area contributed by atoms with Crippen LogP contribution in [0, 0.1) is 10.1 Å². The molecule has 0 aliphatic carbocycles. The molecule has 0 spiro atoms. The monoisotopic (exact) mass is 375 g/mol. The average molecular weight is 375 g/mol. The van der Waals surface area contributed by atoms with Crippen molar-refractivity contribution in [3.63, 3.8) is 0 Å². The molecule has 1 aliphatic rings. The van der Waals surface area contributed by atoms with Crippen molar-refractivity contribution in [2.24, 2.45) is 0 Å². The van der Waals surface area contributed by atoms with Crippen LogP contribution < -0.4 is 9.62 Å². The predicted molar refractivity (Wildman–Crippen MR) is 99.9 cm³/mol. The number of benzene rings is 2. The molecule has 0 atom stereocenters. The molecule has 8 heteroatoms. The largest absolute Gasteiger partial charge is 0.372 e. The number of nitrogens with one attached hydrogen (secondary N) is 1. The van der Waals surface area contributed by atoms with Gasteiger partial charge in [-0.1, -0.05) is 12.1 Å². The quantitative estimate of drug-likeness (QED) is 0.593. The van der Waals surface area contributed by atoms with Gasteiger partial charge in [0.2, 0.25) is 10.0 Å². The van der Waals surface area contributed by atoms with Gasteiger partial charge in [-0.2, -0.15) is 0 Å². The standard InChI is InChI=1S/C18H21N3O4S/c22-21(23)17-7-9-18(10-8-17)26(24,25)19-12-11-15-3-5-16(6-4-15)20-13-1-2-14-20/h3-10,19H,1-2,11-14H2. The van der Waals surface area contributed by atoms with Gasteiger partial charge in [-0.15, -0.1) is 0 Å². The van der Waals surface area contributed by atoms with Crippen LogP contribution in [0.1, 0.15) is 18.4 Å². The SMILES string of the molecule is O=[N+]([O-])c1ccc(S(=O)(=O)NCCc2ccc(N3CCCC3)cc2)cc1. The molecule has 2 aromatic carbocycles. The molecule has 0 bridgehead atoms. The van der Waals surface area contributed by atoms with Crippen LogP contribution in [-0.2, 0) is 16.4 Å². The Morgan fingerprint density at radius 3 is 2.19 bits per heavy atom. The van der Waals surface area contributed by atoms with Gasteiger partial charge >= 0.3 is 0 Å². The lowest BCUT2D eigenvalue weighted by molar-refractivity contribution is -0.384. The third-order valence-corrected chi connectivity index (χ3v) is 5.95. The minimum Gasteiger partial charge on any atom is -0.372 e. The van der Waals surface area contributed by atoms with Crippen LogP contribution >= 0.6 is 0 Å². The lowest BCUT2D eigenvalue weighted by Crippen LogP contribution is -2.26. The highest BCUT2D eigenvalue weighted by molar-refractivity contribution is 7.89. The Hall–Kier alpha value is -2.45. The molecule has 0 radical (unpaired) electrons. The molecule has 26 heavy (non-hydrogen) atoms. The number of nitrogens with zero attached hydrogens (tertiary/aromatic N) is 2. The summed E-state index contributed by atoms with van der Waals surface area (Å²) in [5.74, 6) is 0. The molecule has 3 rings (SSSR count). The van der Waals surface area contributed by atoms with Crippen molar-refractivity contribution >= 4 is 21.4 Å². The molecule has 0 saturated carbocycles. The minimum atomic E-state index is -3.67. The summed E-state index contributed by atoms with van der Waals surface area (Å²) < 4.78 is 27.0. The lowest BCUT2D eigenvalue weighted by Gasteiger charge is -2.17. The molecular formula is C18H21N3O4S. The van der Waals surface area contributed by atoms with Crippen LogP contribution in [0.25, 0.3) is 0 Å². The summed E-state index contributed by atoms with van der Waals surface area (Å²) in [5.41, 5.74) is 2.12. The van der Waals surface area contributed by atoms with Gasteiger partial charge in [0, 0.05) is 37.5 Å². The molecule has 1 heterocycles. The van der Waals surface area contributed by atoms with Gasteiger partial charge in [0.1, 0.15) is 0 Å². The molecule has 1 N–H and O–H groups in total. The van der Waals surface area contributed by atoms with E-state index in [1.165, 1.54) is 42.8 Å². The maximum atomic E-state index is 12.2. The van der Waals surface area contributed by atoms with Crippen LogP contribution in [0.4, 0.5) is 11.4 Å². The molecule has 0 unspecified atom stereocenters. The summed E-state index contributed by atoms with van der Waals surface area (Å²) in [5, 5.41) is 10.6. The number of hydrogen-bond acceptors (Lipinski definition) is 5. The van der Waals surface area contributed by atoms with Crippen LogP contribution in [0.15, 0.2) is 53.4 Å². The van der Waals surface area contributed by atoms with Crippen LogP contribution in [0.2, 0.25) is 0 Å². The number of nitro benzene ring substituents is 1. The van der Waals surface area contributed by atoms with E-state index in [1.807, 2.05) is 12.1 Å². The highest BCUT2D eigenvalue weighted by Crippen LogP contribution is 2.20. The number of non-ortho nitro benzene ring substituents is 1. The van der Waals surface area contributed by atoms with E-state index in [4.69, 9.17) is 0 Å². The van der Waals surface area contributed by atoms with Gasteiger partial charge in [0.15, 0.2) is 0 Å². The smallest absolute Gasteiger partial charge is 0.269 e. The van der Waals surface area contributed by atoms with E-state index in [-0.39, 0.29) is 17.1 Å². The van der Waals surface area contributed by atoms with Gasteiger partial charge < -0.3 is 4.90 Å². The second-order valence-corrected chi connectivity index (χ2v) is 8.03. The van der Waals surface area contributed by atoms with Gasteiger partial charge in [-0.25, -0.2) is 13.1 Å². The first kappa shape index (κ1) is 18.3. The second kappa shape index (κ2) is 7.84. The van der Waals surface area contributed by atoms with Crippen molar-refractivity contribution in [2.45, 2.75) is 24.2 Å². The second-order valence-electron chi connectivity index (χ2n) is 6.26. The van der Waals surface area contributed by atoms with E-state index < -0.39 is 14.9 Å². The molecule has 2 aromatic rings. The van der Waals surface area contributed by atoms with Crippen molar-refractivity contribution in [2.75, 3.05) is 24.5 Å². The van der Waals surface area contributed by atoms with E-state index in [0.717, 1.165) is 18.7 Å². The van der Waals surface area contributed by atoms with Crippen LogP contribution in [0.3, 0.4) is 0 Å². The maximum Gasteiger partial charge on any atom is 0.269 e. The fourth-order valence-corrected chi connectivity index (χ4v) is 4.04.